The van der Waals surface area contributed by atoms with Crippen LogP contribution in [0.25, 0.3) is 0 Å². The zero-order chi connectivity index (χ0) is 14.8. The highest BCUT2D eigenvalue weighted by molar-refractivity contribution is 6.07. The molecule has 2 aromatic rings. The van der Waals surface area contributed by atoms with Gasteiger partial charge in [-0.25, -0.2) is 0 Å². The molecule has 1 aromatic heterocycles. The van der Waals surface area contributed by atoms with E-state index < -0.39 is 0 Å². The number of hydrazine groups is 1. The molecule has 0 radical (unpaired) electrons. The van der Waals surface area contributed by atoms with Crippen LogP contribution >= 0.6 is 0 Å². The van der Waals surface area contributed by atoms with Crippen molar-refractivity contribution in [1.29, 1.82) is 0 Å². The Morgan fingerprint density at radius 3 is 2.90 bits per heavy atom. The molecule has 0 fully saturated rings. The van der Waals surface area contributed by atoms with Crippen molar-refractivity contribution in [2.45, 2.75) is 6.92 Å². The van der Waals surface area contributed by atoms with Crippen LogP contribution in [0.3, 0.4) is 0 Å². The lowest BCUT2D eigenvalue weighted by Gasteiger charge is -2.10. The molecule has 3 rings (SSSR count). The number of nitrogens with zero attached hydrogens (tertiary/aromatic N) is 1. The van der Waals surface area contributed by atoms with Crippen molar-refractivity contribution in [3.8, 4) is 11.5 Å². The van der Waals surface area contributed by atoms with E-state index in [-0.39, 0.29) is 12.7 Å². The largest absolute Gasteiger partial charge is 0.454 e. The summed E-state index contributed by atoms with van der Waals surface area (Å²) >= 11 is 0. The van der Waals surface area contributed by atoms with Crippen molar-refractivity contribution < 1.29 is 14.3 Å². The van der Waals surface area contributed by atoms with Gasteiger partial charge < -0.3 is 20.2 Å². The van der Waals surface area contributed by atoms with Crippen molar-refractivity contribution in [1.82, 2.24) is 4.98 Å². The third kappa shape index (κ3) is 2.59. The van der Waals surface area contributed by atoms with Gasteiger partial charge in [-0.1, -0.05) is 0 Å². The van der Waals surface area contributed by atoms with Gasteiger partial charge in [0.05, 0.1) is 11.3 Å². The number of nitrogens with one attached hydrogen (secondary N) is 2. The molecule has 0 atom stereocenters. The number of rotatable bonds is 3. The van der Waals surface area contributed by atoms with Gasteiger partial charge in [-0.3, -0.25) is 15.6 Å². The number of nitrogen functional groups attached to an aromatic ring is 1. The average Bonchev–Trinajstić information content (AvgIpc) is 2.94. The van der Waals surface area contributed by atoms with E-state index in [4.69, 9.17) is 15.3 Å². The number of nitrogens with two attached hydrogens (primary N) is 1. The highest BCUT2D eigenvalue weighted by Gasteiger charge is 2.16. The van der Waals surface area contributed by atoms with Gasteiger partial charge in [0, 0.05) is 23.6 Å². The lowest BCUT2D eigenvalue weighted by Crippen LogP contribution is -2.18. The standard InChI is InChI=1S/C14H14N4O3/c1-8-4-11(18-15)10(6-16-8)14(19)17-9-2-3-12-13(5-9)21-7-20-12/h2-6H,7,15H2,1H3,(H,16,18)(H,17,19). The Morgan fingerprint density at radius 2 is 2.10 bits per heavy atom. The molecule has 0 spiro atoms. The van der Waals surface area contributed by atoms with Crippen molar-refractivity contribution in [2.24, 2.45) is 5.84 Å². The first-order valence-electron chi connectivity index (χ1n) is 6.31. The molecule has 108 valence electrons. The number of carbonyl (C=O) groups is 1. The molecular weight excluding hydrogens is 272 g/mol. The molecule has 1 aromatic carbocycles. The molecule has 0 bridgehead atoms. The van der Waals surface area contributed by atoms with E-state index in [1.165, 1.54) is 6.20 Å². The lowest BCUT2D eigenvalue weighted by molar-refractivity contribution is 0.102. The van der Waals surface area contributed by atoms with Crippen LogP contribution in [-0.4, -0.2) is 17.7 Å². The fourth-order valence-electron chi connectivity index (χ4n) is 2.03. The van der Waals surface area contributed by atoms with E-state index in [1.54, 1.807) is 24.3 Å². The molecular formula is C14H14N4O3. The quantitative estimate of drug-likeness (QED) is 0.586. The molecule has 0 aliphatic carbocycles. The first-order valence-corrected chi connectivity index (χ1v) is 6.31. The van der Waals surface area contributed by atoms with Gasteiger partial charge in [-0.2, -0.15) is 0 Å². The molecule has 0 saturated heterocycles. The summed E-state index contributed by atoms with van der Waals surface area (Å²) in [5.41, 5.74) is 4.75. The summed E-state index contributed by atoms with van der Waals surface area (Å²) in [4.78, 5) is 16.4. The van der Waals surface area contributed by atoms with Crippen LogP contribution in [0.4, 0.5) is 11.4 Å². The topological polar surface area (TPSA) is 98.5 Å². The predicted molar refractivity (Wildman–Crippen MR) is 77.3 cm³/mol. The number of benzene rings is 1. The summed E-state index contributed by atoms with van der Waals surface area (Å²) in [6.07, 6.45) is 1.48. The average molecular weight is 286 g/mol. The molecule has 2 heterocycles. The van der Waals surface area contributed by atoms with Crippen LogP contribution in [0.1, 0.15) is 16.1 Å². The van der Waals surface area contributed by atoms with Crippen LogP contribution in [0, 0.1) is 6.92 Å². The number of aromatic nitrogens is 1. The maximum Gasteiger partial charge on any atom is 0.259 e. The Hall–Kier alpha value is -2.80. The fourth-order valence-corrected chi connectivity index (χ4v) is 2.03. The molecule has 21 heavy (non-hydrogen) atoms. The molecule has 4 N–H and O–H groups in total. The maximum absolute atomic E-state index is 12.3. The zero-order valence-electron chi connectivity index (χ0n) is 11.3. The van der Waals surface area contributed by atoms with Crippen LogP contribution in [0.5, 0.6) is 11.5 Å². The maximum atomic E-state index is 12.3. The number of aryl methyl sites for hydroxylation is 1. The normalized spacial score (nSPS) is 12.1. The number of fused-ring (bicyclic) bond motifs is 1. The Morgan fingerprint density at radius 1 is 1.29 bits per heavy atom. The minimum absolute atomic E-state index is 0.190. The summed E-state index contributed by atoms with van der Waals surface area (Å²) in [5.74, 6) is 6.38. The summed E-state index contributed by atoms with van der Waals surface area (Å²) in [5, 5.41) is 2.77. The second-order valence-corrected chi connectivity index (χ2v) is 4.54. The summed E-state index contributed by atoms with van der Waals surface area (Å²) < 4.78 is 10.5. The van der Waals surface area contributed by atoms with Crippen molar-refractivity contribution in [2.75, 3.05) is 17.5 Å². The SMILES string of the molecule is Cc1cc(NN)c(C(=O)Nc2ccc3c(c2)OCO3)cn1. The van der Waals surface area contributed by atoms with E-state index in [9.17, 15) is 4.79 Å². The molecule has 1 aliphatic rings. The van der Waals surface area contributed by atoms with Gasteiger partial charge in [-0.05, 0) is 25.1 Å². The van der Waals surface area contributed by atoms with Gasteiger partial charge in [0.2, 0.25) is 6.79 Å². The van der Waals surface area contributed by atoms with Crippen molar-refractivity contribution in [3.63, 3.8) is 0 Å². The Labute approximate surface area is 121 Å². The van der Waals surface area contributed by atoms with Crippen molar-refractivity contribution >= 4 is 17.3 Å². The zero-order valence-corrected chi connectivity index (χ0v) is 11.3. The second kappa shape index (κ2) is 5.29. The second-order valence-electron chi connectivity index (χ2n) is 4.54. The molecule has 7 heteroatoms. The number of pyridine rings is 1. The van der Waals surface area contributed by atoms with E-state index in [0.29, 0.717) is 28.4 Å². The van der Waals surface area contributed by atoms with Crippen LogP contribution in [0.15, 0.2) is 30.5 Å². The molecule has 1 amide bonds. The third-order valence-corrected chi connectivity index (χ3v) is 3.07. The molecule has 1 aliphatic heterocycles. The highest BCUT2D eigenvalue weighted by atomic mass is 16.7. The Kier molecular flexibility index (Phi) is 3.33. The molecule has 7 nitrogen and oxygen atoms in total. The summed E-state index contributed by atoms with van der Waals surface area (Å²) in [7, 11) is 0. The number of hydrogen-bond donors (Lipinski definition) is 3. The minimum atomic E-state index is -0.311. The predicted octanol–water partition coefficient (Wildman–Crippen LogP) is 1.66. The van der Waals surface area contributed by atoms with E-state index >= 15 is 0 Å². The summed E-state index contributed by atoms with van der Waals surface area (Å²) in [6.45, 7) is 2.01. The number of amides is 1. The third-order valence-electron chi connectivity index (χ3n) is 3.07. The first-order chi connectivity index (χ1) is 10.2. The Bertz CT molecular complexity index is 703. The Balaban J connectivity index is 1.83. The van der Waals surface area contributed by atoms with Gasteiger partial charge in [0.25, 0.3) is 5.91 Å². The number of ether oxygens (including phenoxy) is 2. The van der Waals surface area contributed by atoms with E-state index in [1.807, 2.05) is 6.92 Å². The van der Waals surface area contributed by atoms with Gasteiger partial charge in [0.15, 0.2) is 11.5 Å². The van der Waals surface area contributed by atoms with Crippen LogP contribution in [-0.2, 0) is 0 Å². The molecule has 0 saturated carbocycles. The monoisotopic (exact) mass is 286 g/mol. The van der Waals surface area contributed by atoms with Crippen molar-refractivity contribution in [3.05, 3.63) is 41.7 Å². The first kappa shape index (κ1) is 13.2. The minimum Gasteiger partial charge on any atom is -0.454 e. The lowest BCUT2D eigenvalue weighted by atomic mass is 10.2. The van der Waals surface area contributed by atoms with Gasteiger partial charge >= 0.3 is 0 Å². The number of carbonyl (C=O) groups excluding carboxylic acids is 1. The number of hydrogen-bond acceptors (Lipinski definition) is 6. The fraction of sp³-hybridized carbons (Fsp3) is 0.143. The highest BCUT2D eigenvalue weighted by Crippen LogP contribution is 2.34. The van der Waals surface area contributed by atoms with Crippen LogP contribution in [0.2, 0.25) is 0 Å². The van der Waals surface area contributed by atoms with E-state index in [2.05, 4.69) is 15.7 Å². The number of anilines is 2. The summed E-state index contributed by atoms with van der Waals surface area (Å²) in [6, 6.07) is 6.89. The van der Waals surface area contributed by atoms with Crippen LogP contribution < -0.4 is 26.1 Å². The molecule has 0 unspecified atom stereocenters. The smallest absolute Gasteiger partial charge is 0.259 e. The van der Waals surface area contributed by atoms with Gasteiger partial charge in [-0.15, -0.1) is 0 Å². The van der Waals surface area contributed by atoms with E-state index in [0.717, 1.165) is 5.69 Å². The van der Waals surface area contributed by atoms with Gasteiger partial charge in [0.1, 0.15) is 0 Å².